The monoisotopic (exact) mass is 232 g/mol. The van der Waals surface area contributed by atoms with Crippen LogP contribution in [0.1, 0.15) is 12.0 Å². The lowest BCUT2D eigenvalue weighted by Crippen LogP contribution is -1.83. The molecule has 0 unspecified atom stereocenters. The highest BCUT2D eigenvalue weighted by atomic mass is 32.2. The molecule has 1 heterocycles. The highest BCUT2D eigenvalue weighted by molar-refractivity contribution is 7.83. The van der Waals surface area contributed by atoms with Crippen LogP contribution in [0.15, 0.2) is 22.4 Å². The molecule has 0 saturated carbocycles. The van der Waals surface area contributed by atoms with Crippen molar-refractivity contribution >= 4 is 34.1 Å². The van der Waals surface area contributed by atoms with E-state index in [9.17, 15) is 13.9 Å². The minimum absolute atomic E-state index is 0.142. The van der Waals surface area contributed by atoms with Gasteiger partial charge in [0.25, 0.3) is 6.43 Å². The van der Waals surface area contributed by atoms with Crippen molar-refractivity contribution in [3.63, 3.8) is 0 Å². The molecule has 0 spiro atoms. The molecule has 0 bridgehead atoms. The van der Waals surface area contributed by atoms with Crippen molar-refractivity contribution in [2.75, 3.05) is 0 Å². The molecule has 5 heteroatoms. The van der Waals surface area contributed by atoms with Gasteiger partial charge < -0.3 is 5.11 Å². The van der Waals surface area contributed by atoms with Crippen LogP contribution in [0.2, 0.25) is 0 Å². The first-order valence-corrected chi connectivity index (χ1v) is 5.09. The fourth-order valence-electron chi connectivity index (χ4n) is 1.33. The summed E-state index contributed by atoms with van der Waals surface area (Å²) in [6, 6.07) is 4.55. The Hall–Kier alpha value is -0.810. The fraction of sp³-hybridized carbons (Fsp3) is 0.111. The molecule has 14 heavy (non-hydrogen) atoms. The van der Waals surface area contributed by atoms with E-state index in [1.807, 2.05) is 0 Å². The molecular weight excluding hydrogens is 226 g/mol. The number of hydrogen-bond acceptors (Lipinski definition) is 3. The zero-order chi connectivity index (χ0) is 10.3. The Morgan fingerprint density at radius 2 is 2.07 bits per heavy atom. The van der Waals surface area contributed by atoms with E-state index in [4.69, 9.17) is 0 Å². The third-order valence-corrected chi connectivity index (χ3v) is 3.37. The van der Waals surface area contributed by atoms with Crippen molar-refractivity contribution in [2.24, 2.45) is 0 Å². The minimum atomic E-state index is -2.58. The molecule has 0 radical (unpaired) electrons. The summed E-state index contributed by atoms with van der Waals surface area (Å²) < 4.78 is 26.1. The molecule has 0 atom stereocenters. The molecule has 0 aliphatic heterocycles. The lowest BCUT2D eigenvalue weighted by Gasteiger charge is -2.01. The van der Waals surface area contributed by atoms with Crippen molar-refractivity contribution in [3.8, 4) is 5.75 Å². The smallest absolute Gasteiger partial charge is 0.264 e. The van der Waals surface area contributed by atoms with Crippen molar-refractivity contribution in [2.45, 2.75) is 10.6 Å². The Morgan fingerprint density at radius 1 is 1.36 bits per heavy atom. The summed E-state index contributed by atoms with van der Waals surface area (Å²) >= 11 is 5.19. The van der Waals surface area contributed by atoms with Gasteiger partial charge in [0, 0.05) is 15.6 Å². The van der Waals surface area contributed by atoms with Crippen molar-refractivity contribution < 1.29 is 13.9 Å². The van der Waals surface area contributed by atoms with Crippen molar-refractivity contribution in [3.05, 3.63) is 23.8 Å². The molecule has 0 saturated heterocycles. The van der Waals surface area contributed by atoms with Gasteiger partial charge in [-0.2, -0.15) is 0 Å². The maximum Gasteiger partial charge on any atom is 0.264 e. The summed E-state index contributed by atoms with van der Waals surface area (Å²) in [5.41, 5.74) is -0.142. The van der Waals surface area contributed by atoms with Crippen LogP contribution < -0.4 is 0 Å². The SMILES string of the molecule is Oc1c(S)sc2cccc(C(F)F)c12. The summed E-state index contributed by atoms with van der Waals surface area (Å²) in [5.74, 6) is -0.149. The van der Waals surface area contributed by atoms with Crippen LogP contribution in [0.25, 0.3) is 10.1 Å². The minimum Gasteiger partial charge on any atom is -0.505 e. The normalized spacial score (nSPS) is 11.4. The van der Waals surface area contributed by atoms with Crippen molar-refractivity contribution in [1.82, 2.24) is 0 Å². The third kappa shape index (κ3) is 1.36. The van der Waals surface area contributed by atoms with Crippen LogP contribution in [0, 0.1) is 0 Å². The van der Waals surface area contributed by atoms with E-state index < -0.39 is 6.43 Å². The lowest BCUT2D eigenvalue weighted by atomic mass is 10.1. The largest absolute Gasteiger partial charge is 0.505 e. The average molecular weight is 232 g/mol. The first kappa shape index (κ1) is 9.73. The average Bonchev–Trinajstić information content (AvgIpc) is 2.43. The van der Waals surface area contributed by atoms with Gasteiger partial charge in [0.15, 0.2) is 0 Å². The van der Waals surface area contributed by atoms with E-state index in [-0.39, 0.29) is 16.7 Å². The van der Waals surface area contributed by atoms with E-state index >= 15 is 0 Å². The number of thiol groups is 1. The number of hydrogen-bond donors (Lipinski definition) is 2. The van der Waals surface area contributed by atoms with Gasteiger partial charge in [0.1, 0.15) is 5.75 Å². The maximum absolute atomic E-state index is 12.6. The van der Waals surface area contributed by atoms with Crippen LogP contribution in [0.4, 0.5) is 8.78 Å². The summed E-state index contributed by atoms with van der Waals surface area (Å²) in [4.78, 5) is 0. The van der Waals surface area contributed by atoms with Crippen LogP contribution in [0.5, 0.6) is 5.75 Å². The molecule has 0 fully saturated rings. The Morgan fingerprint density at radius 3 is 2.71 bits per heavy atom. The summed E-state index contributed by atoms with van der Waals surface area (Å²) in [5, 5.41) is 9.75. The molecule has 0 aliphatic carbocycles. The van der Waals surface area contributed by atoms with Crippen LogP contribution in [0.3, 0.4) is 0 Å². The van der Waals surface area contributed by atoms with Crippen LogP contribution >= 0.6 is 24.0 Å². The second-order valence-corrected chi connectivity index (χ2v) is 4.58. The molecule has 1 aromatic heterocycles. The molecule has 74 valence electrons. The quantitative estimate of drug-likeness (QED) is 0.716. The number of benzene rings is 1. The topological polar surface area (TPSA) is 20.2 Å². The van der Waals surface area contributed by atoms with E-state index in [1.54, 1.807) is 12.1 Å². The van der Waals surface area contributed by atoms with E-state index in [0.29, 0.717) is 8.91 Å². The Kier molecular flexibility index (Phi) is 2.36. The number of fused-ring (bicyclic) bond motifs is 1. The fourth-order valence-corrected chi connectivity index (χ4v) is 2.60. The predicted octanol–water partition coefficient (Wildman–Crippen LogP) is 3.83. The van der Waals surface area contributed by atoms with Gasteiger partial charge in [-0.15, -0.1) is 24.0 Å². The summed E-state index contributed by atoms with van der Waals surface area (Å²) in [6.07, 6.45) is -2.58. The zero-order valence-corrected chi connectivity index (χ0v) is 8.58. The van der Waals surface area contributed by atoms with Gasteiger partial charge in [-0.3, -0.25) is 0 Å². The third-order valence-electron chi connectivity index (χ3n) is 1.94. The second-order valence-electron chi connectivity index (χ2n) is 2.78. The Balaban J connectivity index is 2.84. The number of thiophene rings is 1. The van der Waals surface area contributed by atoms with E-state index in [1.165, 1.54) is 17.4 Å². The molecule has 2 aromatic rings. The number of alkyl halides is 2. The molecule has 0 amide bonds. The lowest BCUT2D eigenvalue weighted by molar-refractivity contribution is 0.153. The summed E-state index contributed by atoms with van der Waals surface area (Å²) in [7, 11) is 0. The molecule has 1 N–H and O–H groups in total. The standard InChI is InChI=1S/C9H6F2OS2/c10-8(11)4-2-1-3-5-6(4)7(12)9(13)14-5/h1-3,8,12-13H. The van der Waals surface area contributed by atoms with E-state index in [2.05, 4.69) is 12.6 Å². The Labute approximate surface area is 88.4 Å². The first-order chi connectivity index (χ1) is 6.61. The van der Waals surface area contributed by atoms with Gasteiger partial charge in [0.2, 0.25) is 0 Å². The second kappa shape index (κ2) is 3.40. The van der Waals surface area contributed by atoms with Gasteiger partial charge in [0.05, 0.1) is 4.21 Å². The zero-order valence-electron chi connectivity index (χ0n) is 6.87. The van der Waals surface area contributed by atoms with E-state index in [0.717, 1.165) is 0 Å². The molecule has 1 nitrogen and oxygen atoms in total. The highest BCUT2D eigenvalue weighted by Gasteiger charge is 2.17. The number of rotatable bonds is 1. The highest BCUT2D eigenvalue weighted by Crippen LogP contribution is 2.43. The van der Waals surface area contributed by atoms with Crippen LogP contribution in [-0.4, -0.2) is 5.11 Å². The molecular formula is C9H6F2OS2. The van der Waals surface area contributed by atoms with Gasteiger partial charge in [-0.1, -0.05) is 12.1 Å². The number of halogens is 2. The maximum atomic E-state index is 12.6. The van der Waals surface area contributed by atoms with Gasteiger partial charge in [-0.25, -0.2) is 8.78 Å². The van der Waals surface area contributed by atoms with Gasteiger partial charge >= 0.3 is 0 Å². The molecule has 2 rings (SSSR count). The van der Waals surface area contributed by atoms with Crippen molar-refractivity contribution in [1.29, 1.82) is 0 Å². The van der Waals surface area contributed by atoms with Crippen LogP contribution in [-0.2, 0) is 0 Å². The predicted molar refractivity (Wildman–Crippen MR) is 55.7 cm³/mol. The summed E-state index contributed by atoms with van der Waals surface area (Å²) in [6.45, 7) is 0. The molecule has 0 aliphatic rings. The van der Waals surface area contributed by atoms with Gasteiger partial charge in [-0.05, 0) is 6.07 Å². The first-order valence-electron chi connectivity index (χ1n) is 3.82. The number of aromatic hydroxyl groups is 1. The molecule has 1 aromatic carbocycles. The Bertz CT molecular complexity index is 479.